The van der Waals surface area contributed by atoms with Gasteiger partial charge in [-0.25, -0.2) is 0 Å². The molecule has 0 radical (unpaired) electrons. The number of rotatable bonds is 5. The Morgan fingerprint density at radius 2 is 1.71 bits per heavy atom. The molecule has 0 spiro atoms. The van der Waals surface area contributed by atoms with E-state index >= 15 is 0 Å². The summed E-state index contributed by atoms with van der Waals surface area (Å²) in [4.78, 5) is 0. The Morgan fingerprint density at radius 3 is 2.29 bits per heavy atom. The zero-order chi connectivity index (χ0) is 10.4. The summed E-state index contributed by atoms with van der Waals surface area (Å²) in [6.07, 6.45) is 1.24. The number of nitrogens with one attached hydrogen (secondary N) is 1. The van der Waals surface area contributed by atoms with Crippen molar-refractivity contribution in [2.45, 2.75) is 39.8 Å². The predicted molar refractivity (Wildman–Crippen MR) is 62.2 cm³/mol. The maximum absolute atomic E-state index is 3.53. The van der Waals surface area contributed by atoms with Crippen LogP contribution >= 0.6 is 0 Å². The molecule has 1 heteroatoms. The minimum Gasteiger partial charge on any atom is -0.310 e. The molecule has 1 aromatic carbocycles. The molecule has 0 saturated carbocycles. The van der Waals surface area contributed by atoms with E-state index in [0.29, 0.717) is 6.04 Å². The summed E-state index contributed by atoms with van der Waals surface area (Å²) < 4.78 is 0. The van der Waals surface area contributed by atoms with Gasteiger partial charge in [0, 0.05) is 12.6 Å². The van der Waals surface area contributed by atoms with Crippen LogP contribution in [0, 0.1) is 5.92 Å². The third-order valence-corrected chi connectivity index (χ3v) is 2.32. The van der Waals surface area contributed by atoms with E-state index in [2.05, 4.69) is 56.4 Å². The summed E-state index contributed by atoms with van der Waals surface area (Å²) in [6, 6.07) is 11.2. The summed E-state index contributed by atoms with van der Waals surface area (Å²) in [5.41, 5.74) is 1.36. The van der Waals surface area contributed by atoms with Gasteiger partial charge in [-0.15, -0.1) is 0 Å². The first kappa shape index (κ1) is 11.3. The van der Waals surface area contributed by atoms with Crippen molar-refractivity contribution in [3.63, 3.8) is 0 Å². The average molecular weight is 191 g/mol. The van der Waals surface area contributed by atoms with Gasteiger partial charge >= 0.3 is 0 Å². The van der Waals surface area contributed by atoms with Crippen LogP contribution in [-0.4, -0.2) is 6.04 Å². The van der Waals surface area contributed by atoms with Crippen molar-refractivity contribution in [1.29, 1.82) is 0 Å². The zero-order valence-corrected chi connectivity index (χ0v) is 9.46. The Balaban J connectivity index is 2.27. The van der Waals surface area contributed by atoms with Crippen molar-refractivity contribution in [2.75, 3.05) is 0 Å². The molecule has 0 aromatic heterocycles. The predicted octanol–water partition coefficient (Wildman–Crippen LogP) is 3.21. The Bertz CT molecular complexity index is 241. The molecular formula is C13H21N. The molecule has 0 fully saturated rings. The maximum Gasteiger partial charge on any atom is 0.0207 e. The molecule has 0 heterocycles. The van der Waals surface area contributed by atoms with Crippen LogP contribution in [0.1, 0.15) is 32.8 Å². The molecule has 1 atom stereocenters. The van der Waals surface area contributed by atoms with E-state index in [0.717, 1.165) is 12.5 Å². The van der Waals surface area contributed by atoms with Gasteiger partial charge in [-0.2, -0.15) is 0 Å². The van der Waals surface area contributed by atoms with E-state index in [-0.39, 0.29) is 0 Å². The molecule has 0 aliphatic heterocycles. The Hall–Kier alpha value is -0.820. The molecule has 0 aliphatic carbocycles. The number of hydrogen-bond donors (Lipinski definition) is 1. The maximum atomic E-state index is 3.53. The molecule has 1 aromatic rings. The molecule has 1 nitrogen and oxygen atoms in total. The van der Waals surface area contributed by atoms with E-state index in [1.807, 2.05) is 0 Å². The fourth-order valence-corrected chi connectivity index (χ4v) is 1.68. The molecule has 0 saturated heterocycles. The standard InChI is InChI=1S/C13H21N/c1-11(2)9-12(3)14-10-13-7-5-4-6-8-13/h4-8,11-12,14H,9-10H2,1-3H3. The quantitative estimate of drug-likeness (QED) is 0.753. The van der Waals surface area contributed by atoms with Gasteiger partial charge in [0.25, 0.3) is 0 Å². The summed E-state index contributed by atoms with van der Waals surface area (Å²) in [7, 11) is 0. The third kappa shape index (κ3) is 4.43. The average Bonchev–Trinajstić information content (AvgIpc) is 2.15. The van der Waals surface area contributed by atoms with Gasteiger partial charge in [0.15, 0.2) is 0 Å². The van der Waals surface area contributed by atoms with Crippen LogP contribution in [0.2, 0.25) is 0 Å². The highest BCUT2D eigenvalue weighted by Crippen LogP contribution is 2.05. The van der Waals surface area contributed by atoms with Crippen LogP contribution in [0.5, 0.6) is 0 Å². The molecular weight excluding hydrogens is 170 g/mol. The largest absolute Gasteiger partial charge is 0.310 e. The number of hydrogen-bond acceptors (Lipinski definition) is 1. The van der Waals surface area contributed by atoms with Crippen molar-refractivity contribution in [3.8, 4) is 0 Å². The fourth-order valence-electron chi connectivity index (χ4n) is 1.68. The van der Waals surface area contributed by atoms with Gasteiger partial charge < -0.3 is 5.32 Å². The van der Waals surface area contributed by atoms with Crippen LogP contribution in [0.3, 0.4) is 0 Å². The SMILES string of the molecule is CC(C)CC(C)NCc1ccccc1. The Kier molecular flexibility index (Phi) is 4.68. The highest BCUT2D eigenvalue weighted by Gasteiger charge is 2.03. The molecule has 1 unspecified atom stereocenters. The molecule has 0 aliphatic rings. The van der Waals surface area contributed by atoms with Crippen molar-refractivity contribution in [1.82, 2.24) is 5.32 Å². The fraction of sp³-hybridized carbons (Fsp3) is 0.538. The lowest BCUT2D eigenvalue weighted by Crippen LogP contribution is -2.26. The van der Waals surface area contributed by atoms with E-state index in [1.54, 1.807) is 0 Å². The van der Waals surface area contributed by atoms with Crippen LogP contribution in [-0.2, 0) is 6.54 Å². The second-order valence-electron chi connectivity index (χ2n) is 4.40. The molecule has 0 bridgehead atoms. The number of benzene rings is 1. The van der Waals surface area contributed by atoms with Gasteiger partial charge in [-0.05, 0) is 24.8 Å². The first-order valence-electron chi connectivity index (χ1n) is 5.46. The highest BCUT2D eigenvalue weighted by molar-refractivity contribution is 5.14. The van der Waals surface area contributed by atoms with Crippen molar-refractivity contribution >= 4 is 0 Å². The monoisotopic (exact) mass is 191 g/mol. The second kappa shape index (κ2) is 5.82. The molecule has 0 amide bonds. The smallest absolute Gasteiger partial charge is 0.0207 e. The van der Waals surface area contributed by atoms with E-state index in [1.165, 1.54) is 12.0 Å². The van der Waals surface area contributed by atoms with Gasteiger partial charge in [-0.3, -0.25) is 0 Å². The lowest BCUT2D eigenvalue weighted by atomic mass is 10.1. The molecule has 1 rings (SSSR count). The molecule has 14 heavy (non-hydrogen) atoms. The van der Waals surface area contributed by atoms with Crippen LogP contribution in [0.4, 0.5) is 0 Å². The minimum absolute atomic E-state index is 0.607. The van der Waals surface area contributed by atoms with E-state index in [4.69, 9.17) is 0 Å². The summed E-state index contributed by atoms with van der Waals surface area (Å²) in [5.74, 6) is 0.772. The van der Waals surface area contributed by atoms with Crippen LogP contribution < -0.4 is 5.32 Å². The first-order chi connectivity index (χ1) is 6.68. The van der Waals surface area contributed by atoms with Crippen LogP contribution in [0.15, 0.2) is 30.3 Å². The van der Waals surface area contributed by atoms with Gasteiger partial charge in [0.1, 0.15) is 0 Å². The topological polar surface area (TPSA) is 12.0 Å². The summed E-state index contributed by atoms with van der Waals surface area (Å²) >= 11 is 0. The van der Waals surface area contributed by atoms with Gasteiger partial charge in [0.2, 0.25) is 0 Å². The van der Waals surface area contributed by atoms with E-state index in [9.17, 15) is 0 Å². The first-order valence-corrected chi connectivity index (χ1v) is 5.46. The van der Waals surface area contributed by atoms with Crippen molar-refractivity contribution in [2.24, 2.45) is 5.92 Å². The second-order valence-corrected chi connectivity index (χ2v) is 4.40. The van der Waals surface area contributed by atoms with Gasteiger partial charge in [-0.1, -0.05) is 44.2 Å². The molecule has 1 N–H and O–H groups in total. The van der Waals surface area contributed by atoms with Crippen molar-refractivity contribution in [3.05, 3.63) is 35.9 Å². The zero-order valence-electron chi connectivity index (χ0n) is 9.46. The third-order valence-electron chi connectivity index (χ3n) is 2.32. The van der Waals surface area contributed by atoms with E-state index < -0.39 is 0 Å². The normalized spacial score (nSPS) is 13.1. The highest BCUT2D eigenvalue weighted by atomic mass is 14.9. The summed E-state index contributed by atoms with van der Waals surface area (Å²) in [6.45, 7) is 7.76. The van der Waals surface area contributed by atoms with Crippen LogP contribution in [0.25, 0.3) is 0 Å². The lowest BCUT2D eigenvalue weighted by Gasteiger charge is -2.15. The Morgan fingerprint density at radius 1 is 1.07 bits per heavy atom. The van der Waals surface area contributed by atoms with Crippen molar-refractivity contribution < 1.29 is 0 Å². The lowest BCUT2D eigenvalue weighted by molar-refractivity contribution is 0.441. The summed E-state index contributed by atoms with van der Waals surface area (Å²) in [5, 5.41) is 3.53. The van der Waals surface area contributed by atoms with Gasteiger partial charge in [0.05, 0.1) is 0 Å². The Labute approximate surface area is 87.5 Å². The molecule has 78 valence electrons. The minimum atomic E-state index is 0.607.